The van der Waals surface area contributed by atoms with Gasteiger partial charge in [0.25, 0.3) is 0 Å². The van der Waals surface area contributed by atoms with E-state index < -0.39 is 11.6 Å². The Morgan fingerprint density at radius 2 is 1.88 bits per heavy atom. The molecular weight excluding hydrogens is 246 g/mol. The molecule has 1 rings (SSSR count). The third-order valence-electron chi connectivity index (χ3n) is 2.06. The van der Waals surface area contributed by atoms with Crippen LogP contribution in [0.1, 0.15) is 6.42 Å². The minimum Gasteiger partial charge on any atom is -0.399 e. The fourth-order valence-electron chi connectivity index (χ4n) is 1.28. The van der Waals surface area contributed by atoms with E-state index >= 15 is 0 Å². The van der Waals surface area contributed by atoms with Crippen molar-refractivity contribution in [2.24, 2.45) is 0 Å². The Kier molecular flexibility index (Phi) is 6.07. The standard InChI is InChI=1S/C11H16F2N2OS/c12-9-6-8(14)7-10(13)11(9)15-2-5-17-4-1-3-16/h6-7,15-16H,1-5,14H2. The SMILES string of the molecule is Nc1cc(F)c(NCCSCCCO)c(F)c1. The maximum absolute atomic E-state index is 13.3. The second-order valence-corrected chi connectivity index (χ2v) is 4.70. The summed E-state index contributed by atoms with van der Waals surface area (Å²) in [7, 11) is 0. The summed E-state index contributed by atoms with van der Waals surface area (Å²) in [5.41, 5.74) is 5.24. The summed E-state index contributed by atoms with van der Waals surface area (Å²) in [4.78, 5) is 0. The molecule has 4 N–H and O–H groups in total. The van der Waals surface area contributed by atoms with Crippen molar-refractivity contribution in [3.63, 3.8) is 0 Å². The molecule has 0 spiro atoms. The highest BCUT2D eigenvalue weighted by Gasteiger charge is 2.09. The maximum atomic E-state index is 13.3. The van der Waals surface area contributed by atoms with Gasteiger partial charge in [0.1, 0.15) is 5.69 Å². The van der Waals surface area contributed by atoms with Crippen LogP contribution in [0, 0.1) is 11.6 Å². The number of aliphatic hydroxyl groups excluding tert-OH is 1. The average molecular weight is 262 g/mol. The Bertz CT molecular complexity index is 340. The predicted octanol–water partition coefficient (Wildman–Crippen LogP) is 2.07. The topological polar surface area (TPSA) is 58.3 Å². The van der Waals surface area contributed by atoms with Crippen molar-refractivity contribution in [2.45, 2.75) is 6.42 Å². The largest absolute Gasteiger partial charge is 0.399 e. The number of aliphatic hydroxyl groups is 1. The van der Waals surface area contributed by atoms with Crippen LogP contribution in [0.5, 0.6) is 0 Å². The Balaban J connectivity index is 2.36. The molecule has 0 unspecified atom stereocenters. The number of hydrogen-bond acceptors (Lipinski definition) is 4. The number of benzene rings is 1. The summed E-state index contributed by atoms with van der Waals surface area (Å²) < 4.78 is 26.6. The van der Waals surface area contributed by atoms with Gasteiger partial charge >= 0.3 is 0 Å². The van der Waals surface area contributed by atoms with E-state index in [2.05, 4.69) is 5.32 Å². The number of anilines is 2. The third kappa shape index (κ3) is 4.79. The van der Waals surface area contributed by atoms with Gasteiger partial charge in [-0.05, 0) is 24.3 Å². The van der Waals surface area contributed by atoms with Gasteiger partial charge in [-0.1, -0.05) is 0 Å². The summed E-state index contributed by atoms with van der Waals surface area (Å²) in [6.07, 6.45) is 0.731. The van der Waals surface area contributed by atoms with Crippen molar-refractivity contribution in [1.29, 1.82) is 0 Å². The Morgan fingerprint density at radius 3 is 2.47 bits per heavy atom. The number of halogens is 2. The first kappa shape index (κ1) is 14.1. The van der Waals surface area contributed by atoms with Crippen LogP contribution >= 0.6 is 11.8 Å². The quantitative estimate of drug-likeness (QED) is 0.520. The van der Waals surface area contributed by atoms with Gasteiger partial charge in [0.15, 0.2) is 11.6 Å². The summed E-state index contributed by atoms with van der Waals surface area (Å²) >= 11 is 1.62. The lowest BCUT2D eigenvalue weighted by Gasteiger charge is -2.09. The van der Waals surface area contributed by atoms with E-state index in [1.165, 1.54) is 0 Å². The number of nitrogens with one attached hydrogen (secondary N) is 1. The molecule has 0 bridgehead atoms. The van der Waals surface area contributed by atoms with Crippen molar-refractivity contribution in [1.82, 2.24) is 0 Å². The van der Waals surface area contributed by atoms with E-state index in [1.54, 1.807) is 11.8 Å². The molecule has 0 radical (unpaired) electrons. The number of rotatable bonds is 7. The average Bonchev–Trinajstić information content (AvgIpc) is 2.26. The highest BCUT2D eigenvalue weighted by molar-refractivity contribution is 7.99. The fourth-order valence-corrected chi connectivity index (χ4v) is 2.06. The molecule has 0 aliphatic carbocycles. The number of thioether (sulfide) groups is 1. The predicted molar refractivity (Wildman–Crippen MR) is 68.3 cm³/mol. The summed E-state index contributed by atoms with van der Waals surface area (Å²) in [6, 6.07) is 2.18. The second kappa shape index (κ2) is 7.34. The van der Waals surface area contributed by atoms with Gasteiger partial charge in [-0.3, -0.25) is 0 Å². The number of nitrogens with two attached hydrogens (primary N) is 1. The van der Waals surface area contributed by atoms with E-state index in [0.29, 0.717) is 6.54 Å². The zero-order valence-electron chi connectivity index (χ0n) is 9.38. The monoisotopic (exact) mass is 262 g/mol. The van der Waals surface area contributed by atoms with Gasteiger partial charge in [0.05, 0.1) is 0 Å². The van der Waals surface area contributed by atoms with Gasteiger partial charge in [-0.25, -0.2) is 8.78 Å². The first-order valence-electron chi connectivity index (χ1n) is 5.32. The summed E-state index contributed by atoms with van der Waals surface area (Å²) in [5, 5.41) is 11.3. The third-order valence-corrected chi connectivity index (χ3v) is 3.13. The molecule has 0 saturated heterocycles. The smallest absolute Gasteiger partial charge is 0.151 e. The molecule has 1 aromatic rings. The van der Waals surface area contributed by atoms with E-state index in [0.717, 1.165) is 30.1 Å². The van der Waals surface area contributed by atoms with E-state index in [9.17, 15) is 8.78 Å². The van der Waals surface area contributed by atoms with Crippen LogP contribution in [-0.2, 0) is 0 Å². The van der Waals surface area contributed by atoms with Gasteiger partial charge in [-0.15, -0.1) is 0 Å². The van der Waals surface area contributed by atoms with Crippen LogP contribution in [0.2, 0.25) is 0 Å². The number of nitrogen functional groups attached to an aromatic ring is 1. The van der Waals surface area contributed by atoms with Crippen molar-refractivity contribution in [2.75, 3.05) is 35.7 Å². The van der Waals surface area contributed by atoms with Crippen molar-refractivity contribution in [3.05, 3.63) is 23.8 Å². The highest BCUT2D eigenvalue weighted by atomic mass is 32.2. The van der Waals surface area contributed by atoms with Crippen molar-refractivity contribution >= 4 is 23.1 Å². The zero-order valence-corrected chi connectivity index (χ0v) is 10.2. The molecule has 0 amide bonds. The van der Waals surface area contributed by atoms with Gasteiger partial charge in [0, 0.05) is 24.6 Å². The van der Waals surface area contributed by atoms with Crippen LogP contribution in [0.4, 0.5) is 20.2 Å². The van der Waals surface area contributed by atoms with E-state index in [1.807, 2.05) is 0 Å². The van der Waals surface area contributed by atoms with Crippen molar-refractivity contribution < 1.29 is 13.9 Å². The Labute approximate surface area is 103 Å². The van der Waals surface area contributed by atoms with Gasteiger partial charge in [-0.2, -0.15) is 11.8 Å². The molecule has 0 aliphatic rings. The lowest BCUT2D eigenvalue weighted by atomic mass is 10.2. The second-order valence-electron chi connectivity index (χ2n) is 3.48. The van der Waals surface area contributed by atoms with E-state index in [4.69, 9.17) is 10.8 Å². The lowest BCUT2D eigenvalue weighted by molar-refractivity contribution is 0.296. The molecule has 0 heterocycles. The van der Waals surface area contributed by atoms with Crippen molar-refractivity contribution in [3.8, 4) is 0 Å². The Morgan fingerprint density at radius 1 is 1.24 bits per heavy atom. The minimum atomic E-state index is -0.678. The van der Waals surface area contributed by atoms with Crippen LogP contribution in [0.3, 0.4) is 0 Å². The molecule has 0 saturated carbocycles. The van der Waals surface area contributed by atoms with Crippen LogP contribution in [-0.4, -0.2) is 29.8 Å². The van der Waals surface area contributed by atoms with Crippen LogP contribution < -0.4 is 11.1 Å². The summed E-state index contributed by atoms with van der Waals surface area (Å²) in [5.74, 6) is 0.208. The molecule has 6 heteroatoms. The molecule has 96 valence electrons. The molecule has 0 aromatic heterocycles. The molecule has 17 heavy (non-hydrogen) atoms. The maximum Gasteiger partial charge on any atom is 0.151 e. The number of hydrogen-bond donors (Lipinski definition) is 3. The first-order chi connectivity index (χ1) is 8.15. The molecule has 3 nitrogen and oxygen atoms in total. The first-order valence-corrected chi connectivity index (χ1v) is 6.47. The van der Waals surface area contributed by atoms with Gasteiger partial charge < -0.3 is 16.2 Å². The zero-order chi connectivity index (χ0) is 12.7. The molecule has 0 aliphatic heterocycles. The lowest BCUT2D eigenvalue weighted by Crippen LogP contribution is -2.08. The summed E-state index contributed by atoms with van der Waals surface area (Å²) in [6.45, 7) is 0.634. The van der Waals surface area contributed by atoms with Gasteiger partial charge in [0.2, 0.25) is 0 Å². The molecule has 1 aromatic carbocycles. The normalized spacial score (nSPS) is 10.5. The molecule has 0 atom stereocenters. The fraction of sp³-hybridized carbons (Fsp3) is 0.455. The highest BCUT2D eigenvalue weighted by Crippen LogP contribution is 2.21. The minimum absolute atomic E-state index is 0.0721. The van der Waals surface area contributed by atoms with E-state index in [-0.39, 0.29) is 18.0 Å². The molecule has 0 fully saturated rings. The van der Waals surface area contributed by atoms with Crippen LogP contribution in [0.15, 0.2) is 12.1 Å². The van der Waals surface area contributed by atoms with Crippen LogP contribution in [0.25, 0.3) is 0 Å². The Hall–Kier alpha value is -1.01. The molecular formula is C11H16F2N2OS.